The lowest BCUT2D eigenvalue weighted by atomic mass is 10.0. The zero-order valence-electron chi connectivity index (χ0n) is 22.8. The van der Waals surface area contributed by atoms with Gasteiger partial charge >= 0.3 is 0 Å². The molecule has 1 rings (SSSR count). The second-order valence-electron chi connectivity index (χ2n) is 10.1. The van der Waals surface area contributed by atoms with Crippen molar-refractivity contribution in [2.75, 3.05) is 26.1 Å². The Hall–Kier alpha value is -1.02. The summed E-state index contributed by atoms with van der Waals surface area (Å²) in [5.41, 5.74) is 0.414. The molecular formula is C29H51FO5S. The van der Waals surface area contributed by atoms with Gasteiger partial charge in [0.15, 0.2) is 9.84 Å². The van der Waals surface area contributed by atoms with Gasteiger partial charge in [0.2, 0.25) is 0 Å². The van der Waals surface area contributed by atoms with Gasteiger partial charge in [-0.25, -0.2) is 12.8 Å². The first-order valence-electron chi connectivity index (χ1n) is 14.2. The first-order valence-corrected chi connectivity index (χ1v) is 16.0. The SMILES string of the molecule is CCCCCCCCCCCCCCCCCCOC[C@H](O)COCc1cc(F)cc(S(C)(=O)=O)c1. The first-order chi connectivity index (χ1) is 17.3. The minimum absolute atomic E-state index is 0.0243. The number of hydrogen-bond donors (Lipinski definition) is 1. The summed E-state index contributed by atoms with van der Waals surface area (Å²) >= 11 is 0. The van der Waals surface area contributed by atoms with Gasteiger partial charge in [-0.15, -0.1) is 0 Å². The van der Waals surface area contributed by atoms with Gasteiger partial charge in [-0.3, -0.25) is 0 Å². The molecule has 210 valence electrons. The van der Waals surface area contributed by atoms with Gasteiger partial charge in [0, 0.05) is 12.9 Å². The van der Waals surface area contributed by atoms with Crippen molar-refractivity contribution in [3.05, 3.63) is 29.6 Å². The van der Waals surface area contributed by atoms with Gasteiger partial charge < -0.3 is 14.6 Å². The molecule has 0 aliphatic carbocycles. The standard InChI is InChI=1S/C29H51FO5S/c1-3-4-5-6-7-8-9-10-11-12-13-14-15-16-17-18-19-34-24-28(31)25-35-23-26-20-27(30)22-29(21-26)36(2,32)33/h20-22,28,31H,3-19,23-25H2,1-2H3/t28-/m0/s1. The van der Waals surface area contributed by atoms with Crippen molar-refractivity contribution in [2.45, 2.75) is 127 Å². The number of rotatable bonds is 24. The average molecular weight is 531 g/mol. The molecule has 1 N–H and O–H groups in total. The largest absolute Gasteiger partial charge is 0.388 e. The maximum atomic E-state index is 13.6. The van der Waals surface area contributed by atoms with Gasteiger partial charge in [0.05, 0.1) is 24.7 Å². The predicted molar refractivity (Wildman–Crippen MR) is 146 cm³/mol. The predicted octanol–water partition coefficient (Wildman–Crippen LogP) is 7.38. The fourth-order valence-corrected chi connectivity index (χ4v) is 4.94. The van der Waals surface area contributed by atoms with Crippen LogP contribution in [-0.2, 0) is 25.9 Å². The third kappa shape index (κ3) is 18.3. The fourth-order valence-electron chi connectivity index (χ4n) is 4.25. The van der Waals surface area contributed by atoms with E-state index < -0.39 is 21.8 Å². The lowest BCUT2D eigenvalue weighted by molar-refractivity contribution is -0.0240. The van der Waals surface area contributed by atoms with Gasteiger partial charge in [-0.05, 0) is 30.2 Å². The zero-order valence-corrected chi connectivity index (χ0v) is 23.6. The van der Waals surface area contributed by atoms with Gasteiger partial charge in [0.25, 0.3) is 0 Å². The number of ether oxygens (including phenoxy) is 2. The van der Waals surface area contributed by atoms with Crippen LogP contribution in [0, 0.1) is 5.82 Å². The Morgan fingerprint density at radius 3 is 1.72 bits per heavy atom. The summed E-state index contributed by atoms with van der Waals surface area (Å²) in [5.74, 6) is -0.626. The number of benzene rings is 1. The Morgan fingerprint density at radius 1 is 0.750 bits per heavy atom. The van der Waals surface area contributed by atoms with E-state index in [0.717, 1.165) is 25.2 Å². The van der Waals surface area contributed by atoms with Gasteiger partial charge in [-0.2, -0.15) is 0 Å². The summed E-state index contributed by atoms with van der Waals surface area (Å²) in [5, 5.41) is 9.98. The maximum Gasteiger partial charge on any atom is 0.175 e. The van der Waals surface area contributed by atoms with Crippen molar-refractivity contribution in [1.82, 2.24) is 0 Å². The Kier molecular flexibility index (Phi) is 19.2. The molecule has 0 spiro atoms. The number of aliphatic hydroxyl groups excluding tert-OH is 1. The summed E-state index contributed by atoms with van der Waals surface area (Å²) < 4.78 is 47.7. The molecule has 0 aromatic heterocycles. The molecule has 0 heterocycles. The van der Waals surface area contributed by atoms with Crippen molar-refractivity contribution in [1.29, 1.82) is 0 Å². The average Bonchev–Trinajstić information content (AvgIpc) is 2.82. The van der Waals surface area contributed by atoms with Crippen LogP contribution in [0.2, 0.25) is 0 Å². The van der Waals surface area contributed by atoms with Crippen LogP contribution in [0.3, 0.4) is 0 Å². The maximum absolute atomic E-state index is 13.6. The van der Waals surface area contributed by atoms with E-state index in [4.69, 9.17) is 9.47 Å². The highest BCUT2D eigenvalue weighted by atomic mass is 32.2. The van der Waals surface area contributed by atoms with Crippen molar-refractivity contribution in [2.24, 2.45) is 0 Å². The Bertz CT molecular complexity index is 769. The fraction of sp³-hybridized carbons (Fsp3) is 0.793. The molecule has 1 aromatic rings. The lowest BCUT2D eigenvalue weighted by Crippen LogP contribution is -2.22. The van der Waals surface area contributed by atoms with Crippen LogP contribution in [0.15, 0.2) is 23.1 Å². The smallest absolute Gasteiger partial charge is 0.175 e. The summed E-state index contributed by atoms with van der Waals surface area (Å²) in [4.78, 5) is -0.0798. The summed E-state index contributed by atoms with van der Waals surface area (Å²) in [6, 6.07) is 3.60. The van der Waals surface area contributed by atoms with Crippen LogP contribution in [0.1, 0.15) is 115 Å². The molecule has 36 heavy (non-hydrogen) atoms. The number of unbranched alkanes of at least 4 members (excludes halogenated alkanes) is 15. The van der Waals surface area contributed by atoms with Crippen LogP contribution in [0.4, 0.5) is 4.39 Å². The third-order valence-electron chi connectivity index (χ3n) is 6.39. The van der Waals surface area contributed by atoms with Crippen LogP contribution < -0.4 is 0 Å². The van der Waals surface area contributed by atoms with E-state index in [2.05, 4.69) is 6.92 Å². The minimum Gasteiger partial charge on any atom is -0.388 e. The normalized spacial score (nSPS) is 12.8. The third-order valence-corrected chi connectivity index (χ3v) is 7.48. The van der Waals surface area contributed by atoms with Crippen LogP contribution in [-0.4, -0.2) is 45.7 Å². The lowest BCUT2D eigenvalue weighted by Gasteiger charge is -2.12. The molecule has 0 fully saturated rings. The molecule has 5 nitrogen and oxygen atoms in total. The highest BCUT2D eigenvalue weighted by Gasteiger charge is 2.11. The second-order valence-corrected chi connectivity index (χ2v) is 12.1. The molecule has 0 aliphatic heterocycles. The van der Waals surface area contributed by atoms with Crippen molar-refractivity contribution < 1.29 is 27.4 Å². The van der Waals surface area contributed by atoms with Crippen LogP contribution in [0.5, 0.6) is 0 Å². The first kappa shape index (κ1) is 33.0. The van der Waals surface area contributed by atoms with Crippen molar-refractivity contribution >= 4 is 9.84 Å². The molecule has 1 atom stereocenters. The number of aliphatic hydroxyl groups is 1. The molecule has 0 amide bonds. The molecule has 0 bridgehead atoms. The Labute approximate surface area is 220 Å². The monoisotopic (exact) mass is 530 g/mol. The number of halogens is 1. The highest BCUT2D eigenvalue weighted by Crippen LogP contribution is 2.16. The van der Waals surface area contributed by atoms with Crippen LogP contribution in [0.25, 0.3) is 0 Å². The summed E-state index contributed by atoms with van der Waals surface area (Å²) in [6.45, 7) is 3.15. The topological polar surface area (TPSA) is 72.8 Å². The van der Waals surface area contributed by atoms with Crippen molar-refractivity contribution in [3.63, 3.8) is 0 Å². The van der Waals surface area contributed by atoms with E-state index in [1.54, 1.807) is 0 Å². The second kappa shape index (κ2) is 21.0. The van der Waals surface area contributed by atoms with E-state index in [0.29, 0.717) is 12.2 Å². The molecule has 7 heteroatoms. The molecule has 0 aliphatic rings. The molecule has 0 radical (unpaired) electrons. The highest BCUT2D eigenvalue weighted by molar-refractivity contribution is 7.90. The van der Waals surface area contributed by atoms with Gasteiger partial charge in [-0.1, -0.05) is 103 Å². The van der Waals surface area contributed by atoms with E-state index in [-0.39, 0.29) is 24.7 Å². The van der Waals surface area contributed by atoms with Crippen molar-refractivity contribution in [3.8, 4) is 0 Å². The number of hydrogen-bond acceptors (Lipinski definition) is 5. The molecule has 0 saturated heterocycles. The number of sulfone groups is 1. The Balaban J connectivity index is 1.89. The van der Waals surface area contributed by atoms with Crippen LogP contribution >= 0.6 is 0 Å². The Morgan fingerprint density at radius 2 is 1.22 bits per heavy atom. The van der Waals surface area contributed by atoms with E-state index in [1.807, 2.05) is 0 Å². The quantitative estimate of drug-likeness (QED) is 0.141. The van der Waals surface area contributed by atoms with E-state index in [9.17, 15) is 17.9 Å². The van der Waals surface area contributed by atoms with E-state index in [1.165, 1.54) is 102 Å². The molecule has 1 aromatic carbocycles. The summed E-state index contributed by atoms with van der Waals surface area (Å²) in [6.07, 6.45) is 21.6. The molecule has 0 saturated carbocycles. The van der Waals surface area contributed by atoms with E-state index >= 15 is 0 Å². The minimum atomic E-state index is -3.49. The molecular weight excluding hydrogens is 479 g/mol. The summed E-state index contributed by atoms with van der Waals surface area (Å²) in [7, 11) is -3.49. The molecule has 0 unspecified atom stereocenters. The van der Waals surface area contributed by atoms with Gasteiger partial charge in [0.1, 0.15) is 11.9 Å². The zero-order chi connectivity index (χ0) is 26.5.